The van der Waals surface area contributed by atoms with Gasteiger partial charge in [0, 0.05) is 17.3 Å². The second-order valence-corrected chi connectivity index (χ2v) is 5.15. The molecular weight excluding hydrogens is 294 g/mol. The van der Waals surface area contributed by atoms with Crippen molar-refractivity contribution >= 4 is 17.6 Å². The van der Waals surface area contributed by atoms with Crippen LogP contribution in [-0.2, 0) is 9.53 Å². The summed E-state index contributed by atoms with van der Waals surface area (Å²) in [6.07, 6.45) is 0. The van der Waals surface area contributed by atoms with Crippen LogP contribution in [0.5, 0.6) is 5.75 Å². The zero-order valence-electron chi connectivity index (χ0n) is 13.4. The summed E-state index contributed by atoms with van der Waals surface area (Å²) in [5.74, 6) is -0.180. The lowest BCUT2D eigenvalue weighted by atomic mass is 10.1. The average molecular weight is 313 g/mol. The van der Waals surface area contributed by atoms with Crippen molar-refractivity contribution in [1.29, 1.82) is 0 Å². The summed E-state index contributed by atoms with van der Waals surface area (Å²) in [7, 11) is 1.30. The fraction of sp³-hybridized carbons (Fsp3) is 0.222. The zero-order valence-corrected chi connectivity index (χ0v) is 13.4. The van der Waals surface area contributed by atoms with Crippen LogP contribution in [0.2, 0.25) is 0 Å². The molecule has 0 bridgehead atoms. The van der Waals surface area contributed by atoms with Gasteiger partial charge in [0.15, 0.2) is 6.61 Å². The Labute approximate surface area is 135 Å². The number of ether oxygens (including phenoxy) is 2. The molecule has 0 aliphatic carbocycles. The molecule has 0 heterocycles. The number of hydrogen-bond donors (Lipinski definition) is 1. The lowest BCUT2D eigenvalue weighted by Gasteiger charge is -2.09. The molecule has 0 unspecified atom stereocenters. The van der Waals surface area contributed by atoms with Crippen molar-refractivity contribution in [1.82, 2.24) is 0 Å². The molecule has 0 fully saturated rings. The Balaban J connectivity index is 2.06. The number of methoxy groups -OCH3 is 1. The van der Waals surface area contributed by atoms with Gasteiger partial charge in [-0.05, 0) is 49.2 Å². The number of benzene rings is 2. The topological polar surface area (TPSA) is 64.6 Å². The molecule has 0 spiro atoms. The van der Waals surface area contributed by atoms with Crippen molar-refractivity contribution < 1.29 is 19.1 Å². The fourth-order valence-electron chi connectivity index (χ4n) is 1.95. The predicted octanol–water partition coefficient (Wildman–Crippen LogP) is 3.11. The van der Waals surface area contributed by atoms with Gasteiger partial charge >= 0.3 is 5.97 Å². The third-order valence-corrected chi connectivity index (χ3v) is 3.45. The maximum atomic E-state index is 12.3. The summed E-state index contributed by atoms with van der Waals surface area (Å²) in [5, 5.41) is 2.81. The van der Waals surface area contributed by atoms with Crippen LogP contribution in [0.3, 0.4) is 0 Å². The Morgan fingerprint density at radius 3 is 2.52 bits per heavy atom. The van der Waals surface area contributed by atoms with E-state index in [0.29, 0.717) is 17.0 Å². The number of rotatable bonds is 5. The average Bonchev–Trinajstić information content (AvgIpc) is 2.55. The van der Waals surface area contributed by atoms with Crippen molar-refractivity contribution in [2.45, 2.75) is 13.8 Å². The van der Waals surface area contributed by atoms with Crippen molar-refractivity contribution in [3.8, 4) is 5.75 Å². The minimum absolute atomic E-state index is 0.176. The van der Waals surface area contributed by atoms with E-state index in [1.165, 1.54) is 7.11 Å². The van der Waals surface area contributed by atoms with Gasteiger partial charge in [-0.25, -0.2) is 4.79 Å². The third-order valence-electron chi connectivity index (χ3n) is 3.45. The van der Waals surface area contributed by atoms with Crippen LogP contribution >= 0.6 is 0 Å². The summed E-state index contributed by atoms with van der Waals surface area (Å²) in [4.78, 5) is 23.4. The van der Waals surface area contributed by atoms with E-state index >= 15 is 0 Å². The molecule has 0 saturated carbocycles. The number of anilines is 1. The largest absolute Gasteiger partial charge is 0.482 e. The lowest BCUT2D eigenvalue weighted by molar-refractivity contribution is -0.142. The molecule has 0 saturated heterocycles. The summed E-state index contributed by atoms with van der Waals surface area (Å²) in [6.45, 7) is 3.79. The highest BCUT2D eigenvalue weighted by molar-refractivity contribution is 6.04. The molecule has 2 aromatic rings. The van der Waals surface area contributed by atoms with Gasteiger partial charge in [-0.15, -0.1) is 0 Å². The number of esters is 1. The number of hydrogen-bond acceptors (Lipinski definition) is 4. The van der Waals surface area contributed by atoms with Gasteiger partial charge in [0.2, 0.25) is 0 Å². The Morgan fingerprint density at radius 1 is 1.04 bits per heavy atom. The normalized spacial score (nSPS) is 10.0. The molecule has 0 atom stereocenters. The van der Waals surface area contributed by atoms with Crippen LogP contribution in [0.25, 0.3) is 0 Å². The monoisotopic (exact) mass is 313 g/mol. The van der Waals surface area contributed by atoms with Crippen LogP contribution in [0.1, 0.15) is 21.5 Å². The van der Waals surface area contributed by atoms with E-state index in [4.69, 9.17) is 4.74 Å². The molecule has 120 valence electrons. The highest BCUT2D eigenvalue weighted by Crippen LogP contribution is 2.19. The van der Waals surface area contributed by atoms with E-state index in [-0.39, 0.29) is 12.5 Å². The molecule has 5 nitrogen and oxygen atoms in total. The number of aryl methyl sites for hydroxylation is 2. The Bertz CT molecular complexity index is 725. The zero-order chi connectivity index (χ0) is 16.8. The van der Waals surface area contributed by atoms with E-state index in [1.54, 1.807) is 30.3 Å². The number of amides is 1. The van der Waals surface area contributed by atoms with Crippen molar-refractivity contribution in [3.05, 3.63) is 59.2 Å². The third kappa shape index (κ3) is 4.57. The molecule has 0 aliphatic heterocycles. The first-order chi connectivity index (χ1) is 11.0. The van der Waals surface area contributed by atoms with Crippen LogP contribution in [-0.4, -0.2) is 25.6 Å². The molecular formula is C18H19NO4. The molecule has 0 aliphatic rings. The minimum atomic E-state index is -0.463. The molecule has 23 heavy (non-hydrogen) atoms. The first kappa shape index (κ1) is 16.5. The van der Waals surface area contributed by atoms with Gasteiger partial charge in [-0.3, -0.25) is 4.79 Å². The van der Waals surface area contributed by atoms with E-state index in [1.807, 2.05) is 26.0 Å². The number of nitrogens with one attached hydrogen (secondary N) is 1. The second-order valence-electron chi connectivity index (χ2n) is 5.15. The highest BCUT2D eigenvalue weighted by atomic mass is 16.6. The Kier molecular flexibility index (Phi) is 5.36. The minimum Gasteiger partial charge on any atom is -0.482 e. The van der Waals surface area contributed by atoms with E-state index in [2.05, 4.69) is 10.1 Å². The summed E-state index contributed by atoms with van der Waals surface area (Å²) in [5.41, 5.74) is 3.39. The summed E-state index contributed by atoms with van der Waals surface area (Å²) < 4.78 is 9.81. The van der Waals surface area contributed by atoms with E-state index in [0.717, 1.165) is 11.1 Å². The van der Waals surface area contributed by atoms with Gasteiger partial charge in [-0.1, -0.05) is 12.1 Å². The number of carbonyl (C=O) groups is 2. The smallest absolute Gasteiger partial charge is 0.343 e. The Hall–Kier alpha value is -2.82. The molecule has 0 aromatic heterocycles. The Morgan fingerprint density at radius 2 is 1.83 bits per heavy atom. The first-order valence-corrected chi connectivity index (χ1v) is 7.18. The van der Waals surface area contributed by atoms with Crippen molar-refractivity contribution in [3.63, 3.8) is 0 Å². The maximum Gasteiger partial charge on any atom is 0.343 e. The van der Waals surface area contributed by atoms with E-state index < -0.39 is 5.97 Å². The highest BCUT2D eigenvalue weighted by Gasteiger charge is 2.08. The maximum absolute atomic E-state index is 12.3. The van der Waals surface area contributed by atoms with Gasteiger partial charge < -0.3 is 14.8 Å². The van der Waals surface area contributed by atoms with Crippen LogP contribution in [0.4, 0.5) is 5.69 Å². The summed E-state index contributed by atoms with van der Waals surface area (Å²) >= 11 is 0. The van der Waals surface area contributed by atoms with Gasteiger partial charge in [0.25, 0.3) is 5.91 Å². The first-order valence-electron chi connectivity index (χ1n) is 7.18. The SMILES string of the molecule is COC(=O)COc1cccc(NC(=O)c2ccc(C)c(C)c2)c1. The molecule has 5 heteroatoms. The molecule has 0 radical (unpaired) electrons. The predicted molar refractivity (Wildman–Crippen MR) is 87.8 cm³/mol. The summed E-state index contributed by atoms with van der Waals surface area (Å²) in [6, 6.07) is 12.4. The van der Waals surface area contributed by atoms with Crippen molar-refractivity contribution in [2.24, 2.45) is 0 Å². The molecule has 2 aromatic carbocycles. The lowest BCUT2D eigenvalue weighted by Crippen LogP contribution is -2.14. The van der Waals surface area contributed by atoms with Crippen LogP contribution in [0, 0.1) is 13.8 Å². The van der Waals surface area contributed by atoms with E-state index in [9.17, 15) is 9.59 Å². The number of carbonyl (C=O) groups excluding carboxylic acids is 2. The molecule has 2 rings (SSSR count). The quantitative estimate of drug-likeness (QED) is 0.861. The van der Waals surface area contributed by atoms with Gasteiger partial charge in [0.05, 0.1) is 7.11 Å². The van der Waals surface area contributed by atoms with Crippen molar-refractivity contribution in [2.75, 3.05) is 19.0 Å². The fourth-order valence-corrected chi connectivity index (χ4v) is 1.95. The van der Waals surface area contributed by atoms with Gasteiger partial charge in [-0.2, -0.15) is 0 Å². The molecule has 1 N–H and O–H groups in total. The van der Waals surface area contributed by atoms with Crippen LogP contribution < -0.4 is 10.1 Å². The van der Waals surface area contributed by atoms with Gasteiger partial charge in [0.1, 0.15) is 5.75 Å². The standard InChI is InChI=1S/C18H19NO4/c1-12-7-8-14(9-13(12)2)18(21)19-15-5-4-6-16(10-15)23-11-17(20)22-3/h4-10H,11H2,1-3H3,(H,19,21). The van der Waals surface area contributed by atoms with Crippen LogP contribution in [0.15, 0.2) is 42.5 Å². The molecule has 1 amide bonds. The second kappa shape index (κ2) is 7.45.